The molecule has 0 saturated heterocycles. The summed E-state index contributed by atoms with van der Waals surface area (Å²) < 4.78 is 0. The van der Waals surface area contributed by atoms with Crippen LogP contribution < -0.4 is 24.0 Å². The first kappa shape index (κ1) is 34.6. The van der Waals surface area contributed by atoms with Gasteiger partial charge in [0.25, 0.3) is 0 Å². The normalized spacial score (nSPS) is 20.7. The predicted molar refractivity (Wildman–Crippen MR) is 111 cm³/mol. The van der Waals surface area contributed by atoms with Crippen molar-refractivity contribution in [1.82, 2.24) is 0 Å². The maximum Gasteiger partial charge on any atom is 0.0210 e. The Labute approximate surface area is 221 Å². The van der Waals surface area contributed by atoms with Gasteiger partial charge < -0.3 is 24.0 Å². The van der Waals surface area contributed by atoms with Crippen molar-refractivity contribution in [1.29, 1.82) is 0 Å². The van der Waals surface area contributed by atoms with E-state index >= 15 is 0 Å². The monoisotopic (exact) mass is 584 g/mol. The van der Waals surface area contributed by atoms with Crippen LogP contribution in [-0.2, 0) is 34.1 Å². The van der Waals surface area contributed by atoms with Gasteiger partial charge in [-0.15, -0.1) is 0 Å². The minimum absolute atomic E-state index is 0. The summed E-state index contributed by atoms with van der Waals surface area (Å²) in [5.74, 6) is 0. The van der Waals surface area contributed by atoms with Crippen LogP contribution in [0, 0.1) is 147 Å². The van der Waals surface area contributed by atoms with Gasteiger partial charge in [-0.25, -0.2) is 0 Å². The van der Waals surface area contributed by atoms with E-state index < -0.39 is 0 Å². The standard InChI is InChI=1S/4C5H5.C4H5S.2Fe.HI/c4*1-2-4-5-3-1;1-5-4-2-3-4;;;/h4*1-5H;2-3H,1H3;;;1H/q;;;;-1;;;/p-1. The average molecular weight is 584 g/mol. The van der Waals surface area contributed by atoms with Crippen LogP contribution in [0.15, 0.2) is 0 Å². The van der Waals surface area contributed by atoms with Gasteiger partial charge in [0.1, 0.15) is 0 Å². The molecule has 0 amide bonds. The Balaban J connectivity index is -0.000000272. The van der Waals surface area contributed by atoms with Crippen LogP contribution >= 0.6 is 11.8 Å². The molecule has 0 aromatic carbocycles. The molecule has 20 radical (unpaired) electrons. The van der Waals surface area contributed by atoms with Gasteiger partial charge in [-0.3, -0.25) is 12.8 Å². The molecule has 28 heavy (non-hydrogen) atoms. The van der Waals surface area contributed by atoms with E-state index in [0.29, 0.717) is 0 Å². The van der Waals surface area contributed by atoms with Crippen molar-refractivity contribution in [3.8, 4) is 0 Å². The van der Waals surface area contributed by atoms with Gasteiger partial charge in [0.05, 0.1) is 0 Å². The number of rotatable bonds is 1. The van der Waals surface area contributed by atoms with Crippen molar-refractivity contribution >= 4 is 11.8 Å². The van der Waals surface area contributed by atoms with Crippen molar-refractivity contribution in [2.75, 3.05) is 6.26 Å². The van der Waals surface area contributed by atoms with E-state index in [1.807, 2.05) is 128 Å². The maximum absolute atomic E-state index is 2.10. The molecule has 0 aliphatic heterocycles. The summed E-state index contributed by atoms with van der Waals surface area (Å²) in [5.41, 5.74) is 0. The quantitative estimate of drug-likeness (QED) is 0.260. The van der Waals surface area contributed by atoms with Crippen LogP contribution in [-0.4, -0.2) is 6.26 Å². The number of halogens is 1. The zero-order chi connectivity index (χ0) is 17.8. The average Bonchev–Trinajstić information content (AvgIpc) is 3.35. The van der Waals surface area contributed by atoms with Crippen LogP contribution in [0.1, 0.15) is 0 Å². The Morgan fingerprint density at radius 1 is 0.429 bits per heavy atom. The topological polar surface area (TPSA) is 0 Å². The van der Waals surface area contributed by atoms with E-state index in [2.05, 4.69) is 19.1 Å². The first-order valence-electron chi connectivity index (χ1n) is 8.19. The molecular formula is C24H25Fe2IS-2. The van der Waals surface area contributed by atoms with E-state index in [4.69, 9.17) is 0 Å². The summed E-state index contributed by atoms with van der Waals surface area (Å²) in [6.07, 6.45) is 46.3. The summed E-state index contributed by atoms with van der Waals surface area (Å²) in [7, 11) is 0. The molecule has 0 bridgehead atoms. The van der Waals surface area contributed by atoms with Crippen LogP contribution in [0.3, 0.4) is 0 Å². The van der Waals surface area contributed by atoms with E-state index in [1.54, 1.807) is 11.8 Å². The fourth-order valence-corrected chi connectivity index (χ4v) is 1.79. The van der Waals surface area contributed by atoms with Gasteiger partial charge in [0.15, 0.2) is 0 Å². The molecule has 0 atom stereocenters. The number of hydrogen-bond acceptors (Lipinski definition) is 1. The van der Waals surface area contributed by atoms with Gasteiger partial charge in [-0.05, 0) is 140 Å². The molecule has 5 aliphatic carbocycles. The minimum atomic E-state index is 0. The summed E-state index contributed by atoms with van der Waals surface area (Å²) in [5, 5.41) is 1.42. The Bertz CT molecular complexity index is 177. The molecule has 5 rings (SSSR count). The van der Waals surface area contributed by atoms with Crippen molar-refractivity contribution in [3.05, 3.63) is 147 Å². The van der Waals surface area contributed by atoms with Crippen molar-refractivity contribution in [3.63, 3.8) is 0 Å². The fourth-order valence-electron chi connectivity index (χ4n) is 1.45. The molecule has 0 aromatic heterocycles. The third-order valence-corrected chi connectivity index (χ3v) is 3.50. The van der Waals surface area contributed by atoms with E-state index in [-0.39, 0.29) is 58.1 Å². The molecule has 0 heterocycles. The van der Waals surface area contributed by atoms with Gasteiger partial charge >= 0.3 is 0 Å². The Morgan fingerprint density at radius 2 is 0.571 bits per heavy atom. The van der Waals surface area contributed by atoms with Crippen LogP contribution in [0.5, 0.6) is 0 Å². The van der Waals surface area contributed by atoms with Gasteiger partial charge in [0, 0.05) is 40.4 Å². The fraction of sp³-hybridized carbons (Fsp3) is 0.0417. The van der Waals surface area contributed by atoms with Gasteiger partial charge in [0.2, 0.25) is 0 Å². The second-order valence-electron chi connectivity index (χ2n) is 4.79. The zero-order valence-corrected chi connectivity index (χ0v) is 20.9. The predicted octanol–water partition coefficient (Wildman–Crippen LogP) is 2.39. The summed E-state index contributed by atoms with van der Waals surface area (Å²) >= 11 is 1.80. The second kappa shape index (κ2) is 29.0. The SMILES string of the molecule is CS[C+]1[CH-][CH-]1.[CH]1[CH][CH][CH][CH]1.[CH]1[CH][CH][CH][CH]1.[CH]1[CH][CH][CH][CH]1.[CH]1[CH][CH][CH][CH]1.[Fe].[Fe].[I-]. The summed E-state index contributed by atoms with van der Waals surface area (Å²) in [4.78, 5) is 0. The molecule has 0 N–H and O–H groups in total. The van der Waals surface area contributed by atoms with E-state index in [0.717, 1.165) is 0 Å². The van der Waals surface area contributed by atoms with Gasteiger partial charge in [-0.2, -0.15) is 5.25 Å². The third kappa shape index (κ3) is 28.0. The van der Waals surface area contributed by atoms with E-state index in [9.17, 15) is 0 Å². The molecular weight excluding hydrogens is 559 g/mol. The van der Waals surface area contributed by atoms with Crippen LogP contribution in [0.25, 0.3) is 0 Å². The Hall–Kier alpha value is 1.99. The molecule has 5 aliphatic rings. The maximum atomic E-state index is 2.10. The van der Waals surface area contributed by atoms with Crippen molar-refractivity contribution in [2.24, 2.45) is 0 Å². The second-order valence-corrected chi connectivity index (χ2v) is 5.67. The number of thioether (sulfide) groups is 1. The third-order valence-electron chi connectivity index (χ3n) is 2.76. The van der Waals surface area contributed by atoms with E-state index in [1.165, 1.54) is 5.25 Å². The molecule has 4 heteroatoms. The summed E-state index contributed by atoms with van der Waals surface area (Å²) in [6.45, 7) is 0. The number of hydrogen-bond donors (Lipinski definition) is 0. The Morgan fingerprint density at radius 3 is 0.607 bits per heavy atom. The molecule has 0 aromatic rings. The first-order chi connectivity index (χ1) is 12.4. The van der Waals surface area contributed by atoms with Crippen LogP contribution in [0.2, 0.25) is 0 Å². The smallest absolute Gasteiger partial charge is 0.0210 e. The summed E-state index contributed by atoms with van der Waals surface area (Å²) in [6, 6.07) is 0. The van der Waals surface area contributed by atoms with Crippen LogP contribution in [0.4, 0.5) is 0 Å². The minimum Gasteiger partial charge on any atom is -1.00 e. The molecule has 5 saturated carbocycles. The largest absolute Gasteiger partial charge is 1.00 e. The molecule has 0 spiro atoms. The molecule has 152 valence electrons. The molecule has 0 unspecified atom stereocenters. The van der Waals surface area contributed by atoms with Crippen molar-refractivity contribution < 1.29 is 58.1 Å². The molecule has 5 fully saturated rings. The zero-order valence-electron chi connectivity index (χ0n) is 15.7. The van der Waals surface area contributed by atoms with Gasteiger partial charge in [-0.1, -0.05) is 0 Å². The van der Waals surface area contributed by atoms with Crippen molar-refractivity contribution in [2.45, 2.75) is 0 Å². The Kier molecular flexibility index (Phi) is 35.8. The first-order valence-corrected chi connectivity index (χ1v) is 9.41. The molecule has 0 nitrogen and oxygen atoms in total.